The minimum Gasteiger partial charge on any atom is -0.254 e. The van der Waals surface area contributed by atoms with Gasteiger partial charge < -0.3 is 0 Å². The molecule has 0 aromatic heterocycles. The summed E-state index contributed by atoms with van der Waals surface area (Å²) in [5.74, 6) is 0. The number of allylic oxidation sites excluding steroid dienone is 1. The lowest BCUT2D eigenvalue weighted by atomic mass is 10.2. The fourth-order valence-corrected chi connectivity index (χ4v) is 1.64. The van der Waals surface area contributed by atoms with Gasteiger partial charge in [-0.1, -0.05) is 54.1 Å². The van der Waals surface area contributed by atoms with Crippen LogP contribution in [0, 0.1) is 6.92 Å². The second-order valence-corrected chi connectivity index (χ2v) is 4.33. The zero-order chi connectivity index (χ0) is 12.8. The maximum absolute atomic E-state index is 4.55. The van der Waals surface area contributed by atoms with Crippen LogP contribution in [-0.2, 0) is 0 Å². The number of benzene rings is 2. The standard InChI is InChI=1S/C17H17N/c1-14-8-12-17(13-9-14)18-15(2)10-11-16-6-4-3-5-7-16/h3-13H,1-2H3/b11-10+,18-15?. The fraction of sp³-hybridized carbons (Fsp3) is 0.118. The first-order valence-electron chi connectivity index (χ1n) is 6.09. The van der Waals surface area contributed by atoms with E-state index < -0.39 is 0 Å². The van der Waals surface area contributed by atoms with E-state index in [-0.39, 0.29) is 0 Å². The third kappa shape index (κ3) is 3.70. The van der Waals surface area contributed by atoms with E-state index in [2.05, 4.69) is 42.3 Å². The molecule has 0 bridgehead atoms. The molecular formula is C17H17N. The van der Waals surface area contributed by atoms with Gasteiger partial charge in [0.2, 0.25) is 0 Å². The molecule has 0 atom stereocenters. The van der Waals surface area contributed by atoms with Gasteiger partial charge in [-0.3, -0.25) is 4.99 Å². The maximum atomic E-state index is 4.55. The molecule has 18 heavy (non-hydrogen) atoms. The zero-order valence-corrected chi connectivity index (χ0v) is 10.8. The van der Waals surface area contributed by atoms with E-state index in [9.17, 15) is 0 Å². The Hall–Kier alpha value is -2.15. The molecule has 0 aliphatic carbocycles. The zero-order valence-electron chi connectivity index (χ0n) is 10.8. The van der Waals surface area contributed by atoms with Crippen LogP contribution in [-0.4, -0.2) is 5.71 Å². The smallest absolute Gasteiger partial charge is 0.0633 e. The van der Waals surface area contributed by atoms with Crippen molar-refractivity contribution in [2.24, 2.45) is 4.99 Å². The molecular weight excluding hydrogens is 218 g/mol. The topological polar surface area (TPSA) is 12.4 Å². The Bertz CT molecular complexity index is 548. The number of aliphatic imine (C=N–C) groups is 1. The summed E-state index contributed by atoms with van der Waals surface area (Å²) in [6.07, 6.45) is 4.11. The molecule has 0 heterocycles. The molecule has 0 saturated carbocycles. The predicted molar refractivity (Wildman–Crippen MR) is 79.4 cm³/mol. The highest BCUT2D eigenvalue weighted by Crippen LogP contribution is 2.13. The first-order valence-corrected chi connectivity index (χ1v) is 6.09. The van der Waals surface area contributed by atoms with E-state index in [1.54, 1.807) is 0 Å². The molecule has 1 heteroatoms. The van der Waals surface area contributed by atoms with Crippen molar-refractivity contribution in [3.8, 4) is 0 Å². The number of aryl methyl sites for hydroxylation is 1. The maximum Gasteiger partial charge on any atom is 0.0633 e. The SMILES string of the molecule is CC(/C=C/c1ccccc1)=Nc1ccc(C)cc1. The van der Waals surface area contributed by atoms with E-state index in [1.165, 1.54) is 11.1 Å². The Labute approximate surface area is 109 Å². The van der Waals surface area contributed by atoms with Crippen LogP contribution in [0.5, 0.6) is 0 Å². The van der Waals surface area contributed by atoms with Crippen molar-refractivity contribution < 1.29 is 0 Å². The average molecular weight is 235 g/mol. The van der Waals surface area contributed by atoms with Crippen LogP contribution in [0.15, 0.2) is 65.7 Å². The van der Waals surface area contributed by atoms with Crippen LogP contribution in [0.3, 0.4) is 0 Å². The number of hydrogen-bond donors (Lipinski definition) is 0. The number of hydrogen-bond acceptors (Lipinski definition) is 1. The van der Waals surface area contributed by atoms with Crippen LogP contribution in [0.25, 0.3) is 6.08 Å². The highest BCUT2D eigenvalue weighted by Gasteiger charge is 1.90. The summed E-state index contributed by atoms with van der Waals surface area (Å²) < 4.78 is 0. The molecule has 0 saturated heterocycles. The van der Waals surface area contributed by atoms with E-state index in [0.29, 0.717) is 0 Å². The number of nitrogens with zero attached hydrogens (tertiary/aromatic N) is 1. The van der Waals surface area contributed by atoms with Gasteiger partial charge in [0, 0.05) is 5.71 Å². The Balaban J connectivity index is 2.10. The lowest BCUT2D eigenvalue weighted by Crippen LogP contribution is -1.83. The minimum absolute atomic E-state index is 0.996. The summed E-state index contributed by atoms with van der Waals surface area (Å²) in [5.41, 5.74) is 4.45. The molecule has 0 radical (unpaired) electrons. The van der Waals surface area contributed by atoms with Crippen molar-refractivity contribution in [2.75, 3.05) is 0 Å². The van der Waals surface area contributed by atoms with Crippen LogP contribution < -0.4 is 0 Å². The molecule has 0 N–H and O–H groups in total. The fourth-order valence-electron chi connectivity index (χ4n) is 1.64. The largest absolute Gasteiger partial charge is 0.254 e. The molecule has 1 nitrogen and oxygen atoms in total. The van der Waals surface area contributed by atoms with Crippen molar-refractivity contribution in [3.63, 3.8) is 0 Å². The third-order valence-electron chi connectivity index (χ3n) is 2.66. The normalized spacial score (nSPS) is 12.0. The lowest BCUT2D eigenvalue weighted by molar-refractivity contribution is 1.43. The van der Waals surface area contributed by atoms with Crippen molar-refractivity contribution in [2.45, 2.75) is 13.8 Å². The quantitative estimate of drug-likeness (QED) is 0.677. The Morgan fingerprint density at radius 1 is 0.944 bits per heavy atom. The summed E-state index contributed by atoms with van der Waals surface area (Å²) >= 11 is 0. The Morgan fingerprint density at radius 3 is 2.28 bits per heavy atom. The second kappa shape index (κ2) is 5.97. The van der Waals surface area contributed by atoms with Gasteiger partial charge >= 0.3 is 0 Å². The van der Waals surface area contributed by atoms with Crippen molar-refractivity contribution in [1.29, 1.82) is 0 Å². The van der Waals surface area contributed by atoms with Crippen LogP contribution >= 0.6 is 0 Å². The van der Waals surface area contributed by atoms with Crippen molar-refractivity contribution >= 4 is 17.5 Å². The molecule has 2 aromatic carbocycles. The lowest BCUT2D eigenvalue weighted by Gasteiger charge is -1.97. The highest BCUT2D eigenvalue weighted by atomic mass is 14.7. The molecule has 0 spiro atoms. The summed E-state index contributed by atoms with van der Waals surface area (Å²) in [4.78, 5) is 4.55. The van der Waals surface area contributed by atoms with E-state index >= 15 is 0 Å². The average Bonchev–Trinajstić information content (AvgIpc) is 2.40. The minimum atomic E-state index is 0.996. The summed E-state index contributed by atoms with van der Waals surface area (Å²) in [6, 6.07) is 18.5. The highest BCUT2D eigenvalue weighted by molar-refractivity contribution is 5.97. The first-order chi connectivity index (χ1) is 8.74. The van der Waals surface area contributed by atoms with Gasteiger partial charge in [0.15, 0.2) is 0 Å². The van der Waals surface area contributed by atoms with Gasteiger partial charge in [0.1, 0.15) is 0 Å². The molecule has 0 fully saturated rings. The molecule has 2 aromatic rings. The van der Waals surface area contributed by atoms with E-state index in [0.717, 1.165) is 11.4 Å². The van der Waals surface area contributed by atoms with Crippen LogP contribution in [0.4, 0.5) is 5.69 Å². The summed E-state index contributed by atoms with van der Waals surface area (Å²) in [7, 11) is 0. The van der Waals surface area contributed by atoms with Crippen molar-refractivity contribution in [3.05, 3.63) is 71.8 Å². The van der Waals surface area contributed by atoms with E-state index in [1.807, 2.05) is 43.3 Å². The molecule has 2 rings (SSSR count). The second-order valence-electron chi connectivity index (χ2n) is 4.33. The van der Waals surface area contributed by atoms with Crippen LogP contribution in [0.2, 0.25) is 0 Å². The number of rotatable bonds is 3. The monoisotopic (exact) mass is 235 g/mol. The Kier molecular flexibility index (Phi) is 4.08. The van der Waals surface area contributed by atoms with Crippen LogP contribution in [0.1, 0.15) is 18.1 Å². The molecule has 0 unspecified atom stereocenters. The Morgan fingerprint density at radius 2 is 1.61 bits per heavy atom. The molecule has 0 amide bonds. The third-order valence-corrected chi connectivity index (χ3v) is 2.66. The van der Waals surface area contributed by atoms with Gasteiger partial charge in [0.05, 0.1) is 5.69 Å². The van der Waals surface area contributed by atoms with Gasteiger partial charge in [-0.25, -0.2) is 0 Å². The molecule has 0 aliphatic heterocycles. The predicted octanol–water partition coefficient (Wildman–Crippen LogP) is 4.80. The van der Waals surface area contributed by atoms with Crippen molar-refractivity contribution in [1.82, 2.24) is 0 Å². The molecule has 90 valence electrons. The summed E-state index contributed by atoms with van der Waals surface area (Å²) in [6.45, 7) is 4.09. The van der Waals surface area contributed by atoms with Gasteiger partial charge in [-0.15, -0.1) is 0 Å². The van der Waals surface area contributed by atoms with Gasteiger partial charge in [-0.2, -0.15) is 0 Å². The van der Waals surface area contributed by atoms with Gasteiger partial charge in [0.25, 0.3) is 0 Å². The van der Waals surface area contributed by atoms with Gasteiger partial charge in [-0.05, 0) is 37.6 Å². The van der Waals surface area contributed by atoms with E-state index in [4.69, 9.17) is 0 Å². The molecule has 0 aliphatic rings. The summed E-state index contributed by atoms with van der Waals surface area (Å²) in [5, 5.41) is 0. The first kappa shape index (κ1) is 12.3.